The molecule has 0 spiro atoms. The lowest BCUT2D eigenvalue weighted by atomic mass is 10.1. The summed E-state index contributed by atoms with van der Waals surface area (Å²) in [6.07, 6.45) is 1.96. The lowest BCUT2D eigenvalue weighted by molar-refractivity contribution is -0.116. The second-order valence-corrected chi connectivity index (χ2v) is 8.80. The molecule has 0 saturated heterocycles. The van der Waals surface area contributed by atoms with Gasteiger partial charge in [-0.1, -0.05) is 25.1 Å². The fraction of sp³-hybridized carbons (Fsp3) is 0.381. The number of nitrogens with one attached hydrogen (secondary N) is 1. The first kappa shape index (κ1) is 21.8. The average molecular weight is 405 g/mol. The van der Waals surface area contributed by atoms with Crippen LogP contribution in [0.4, 0.5) is 11.4 Å². The Kier molecular flexibility index (Phi) is 7.07. The SMILES string of the molecule is CCc1ccc(N([C@H](C)C(=O)Nc2cccc(OC(C)C)c2)S(C)(=O)=O)cc1. The quantitative estimate of drug-likeness (QED) is 0.725. The zero-order valence-electron chi connectivity index (χ0n) is 17.0. The highest BCUT2D eigenvalue weighted by atomic mass is 32.2. The van der Waals surface area contributed by atoms with Crippen LogP contribution in [0.5, 0.6) is 5.75 Å². The first-order valence-electron chi connectivity index (χ1n) is 9.27. The Morgan fingerprint density at radius 2 is 1.75 bits per heavy atom. The summed E-state index contributed by atoms with van der Waals surface area (Å²) in [6, 6.07) is 13.3. The predicted molar refractivity (Wildman–Crippen MR) is 113 cm³/mol. The number of anilines is 2. The molecule has 2 aromatic rings. The summed E-state index contributed by atoms with van der Waals surface area (Å²) in [4.78, 5) is 12.8. The van der Waals surface area contributed by atoms with Gasteiger partial charge in [0.25, 0.3) is 0 Å². The summed E-state index contributed by atoms with van der Waals surface area (Å²) >= 11 is 0. The highest BCUT2D eigenvalue weighted by Gasteiger charge is 2.29. The molecule has 1 atom stereocenters. The van der Waals surface area contributed by atoms with E-state index in [1.54, 1.807) is 43.3 Å². The summed E-state index contributed by atoms with van der Waals surface area (Å²) in [7, 11) is -3.65. The van der Waals surface area contributed by atoms with Crippen molar-refractivity contribution in [1.82, 2.24) is 0 Å². The second-order valence-electron chi connectivity index (χ2n) is 6.94. The Morgan fingerprint density at radius 3 is 2.29 bits per heavy atom. The van der Waals surface area contributed by atoms with E-state index >= 15 is 0 Å². The van der Waals surface area contributed by atoms with Gasteiger partial charge < -0.3 is 10.1 Å². The first-order valence-corrected chi connectivity index (χ1v) is 11.1. The van der Waals surface area contributed by atoms with Crippen molar-refractivity contribution >= 4 is 27.3 Å². The van der Waals surface area contributed by atoms with Crippen molar-refractivity contribution in [3.8, 4) is 5.75 Å². The number of aryl methyl sites for hydroxylation is 1. The van der Waals surface area contributed by atoms with Crippen molar-refractivity contribution in [2.24, 2.45) is 0 Å². The molecule has 2 aromatic carbocycles. The van der Waals surface area contributed by atoms with E-state index in [1.807, 2.05) is 32.9 Å². The molecule has 28 heavy (non-hydrogen) atoms. The van der Waals surface area contributed by atoms with Gasteiger partial charge in [-0.15, -0.1) is 0 Å². The topological polar surface area (TPSA) is 75.7 Å². The molecule has 1 amide bonds. The highest BCUT2D eigenvalue weighted by molar-refractivity contribution is 7.92. The van der Waals surface area contributed by atoms with Crippen LogP contribution in [-0.2, 0) is 21.2 Å². The van der Waals surface area contributed by atoms with Crippen molar-refractivity contribution < 1.29 is 17.9 Å². The molecule has 2 rings (SSSR count). The fourth-order valence-electron chi connectivity index (χ4n) is 2.85. The second kappa shape index (κ2) is 9.10. The van der Waals surface area contributed by atoms with Crippen LogP contribution < -0.4 is 14.4 Å². The van der Waals surface area contributed by atoms with Crippen molar-refractivity contribution in [3.05, 3.63) is 54.1 Å². The number of rotatable bonds is 8. The number of benzene rings is 2. The van der Waals surface area contributed by atoms with Gasteiger partial charge in [0.2, 0.25) is 15.9 Å². The van der Waals surface area contributed by atoms with Crippen molar-refractivity contribution in [2.75, 3.05) is 15.9 Å². The molecule has 0 radical (unpaired) electrons. The van der Waals surface area contributed by atoms with E-state index in [0.29, 0.717) is 17.1 Å². The molecule has 0 fully saturated rings. The van der Waals surface area contributed by atoms with E-state index in [-0.39, 0.29) is 6.10 Å². The fourth-order valence-corrected chi connectivity index (χ4v) is 4.03. The molecule has 0 aromatic heterocycles. The molecule has 0 aliphatic carbocycles. The Labute approximate surface area is 167 Å². The van der Waals surface area contributed by atoms with Crippen molar-refractivity contribution in [3.63, 3.8) is 0 Å². The number of hydrogen-bond donors (Lipinski definition) is 1. The Hall–Kier alpha value is -2.54. The van der Waals surface area contributed by atoms with E-state index in [2.05, 4.69) is 5.32 Å². The van der Waals surface area contributed by atoms with Crippen LogP contribution in [0.1, 0.15) is 33.3 Å². The van der Waals surface area contributed by atoms with E-state index in [0.717, 1.165) is 22.5 Å². The molecular weight excluding hydrogens is 376 g/mol. The first-order chi connectivity index (χ1) is 13.1. The van der Waals surface area contributed by atoms with Gasteiger partial charge in [0, 0.05) is 11.8 Å². The third-order valence-electron chi connectivity index (χ3n) is 4.16. The van der Waals surface area contributed by atoms with Gasteiger partial charge >= 0.3 is 0 Å². The minimum Gasteiger partial charge on any atom is -0.491 e. The van der Waals surface area contributed by atoms with Gasteiger partial charge in [0.05, 0.1) is 18.0 Å². The van der Waals surface area contributed by atoms with E-state index in [1.165, 1.54) is 0 Å². The van der Waals surface area contributed by atoms with Crippen LogP contribution in [0.3, 0.4) is 0 Å². The van der Waals surface area contributed by atoms with Crippen LogP contribution in [0, 0.1) is 0 Å². The van der Waals surface area contributed by atoms with E-state index in [4.69, 9.17) is 4.74 Å². The van der Waals surface area contributed by atoms with Gasteiger partial charge in [-0.3, -0.25) is 9.10 Å². The molecule has 0 aliphatic heterocycles. The third-order valence-corrected chi connectivity index (χ3v) is 5.40. The number of amides is 1. The van der Waals surface area contributed by atoms with Crippen LogP contribution in [0.25, 0.3) is 0 Å². The smallest absolute Gasteiger partial charge is 0.247 e. The summed E-state index contributed by atoms with van der Waals surface area (Å²) in [5.41, 5.74) is 2.10. The maximum atomic E-state index is 12.8. The van der Waals surface area contributed by atoms with Crippen LogP contribution in [0.15, 0.2) is 48.5 Å². The van der Waals surface area contributed by atoms with Crippen molar-refractivity contribution in [2.45, 2.75) is 46.3 Å². The standard InChI is InChI=1S/C21H28N2O4S/c1-6-17-10-12-19(13-11-17)23(28(5,25)26)16(4)21(24)22-18-8-7-9-20(14-18)27-15(2)3/h7-16H,6H2,1-5H3,(H,22,24)/t16-/m1/s1. The van der Waals surface area contributed by atoms with Gasteiger partial charge in [0.15, 0.2) is 0 Å². The minimum absolute atomic E-state index is 0.0108. The average Bonchev–Trinajstić information content (AvgIpc) is 2.61. The van der Waals surface area contributed by atoms with E-state index in [9.17, 15) is 13.2 Å². The number of carbonyl (C=O) groups excluding carboxylic acids is 1. The molecule has 1 N–H and O–H groups in total. The molecule has 0 heterocycles. The lowest BCUT2D eigenvalue weighted by Gasteiger charge is -2.28. The Balaban J connectivity index is 2.24. The van der Waals surface area contributed by atoms with Crippen LogP contribution in [0.2, 0.25) is 0 Å². The normalized spacial score (nSPS) is 12.5. The monoisotopic (exact) mass is 404 g/mol. The predicted octanol–water partition coefficient (Wildman–Crippen LogP) is 3.83. The summed E-state index contributed by atoms with van der Waals surface area (Å²) in [5, 5.41) is 2.78. The van der Waals surface area contributed by atoms with Crippen LogP contribution >= 0.6 is 0 Å². The molecule has 6 nitrogen and oxygen atoms in total. The maximum absolute atomic E-state index is 12.8. The minimum atomic E-state index is -3.65. The zero-order valence-corrected chi connectivity index (χ0v) is 17.8. The molecule has 0 aliphatic rings. The van der Waals surface area contributed by atoms with Gasteiger partial charge in [-0.25, -0.2) is 8.42 Å². The molecule has 7 heteroatoms. The van der Waals surface area contributed by atoms with Crippen LogP contribution in [-0.4, -0.2) is 32.7 Å². The number of hydrogen-bond acceptors (Lipinski definition) is 4. The number of sulfonamides is 1. The van der Waals surface area contributed by atoms with Gasteiger partial charge in [-0.2, -0.15) is 0 Å². The molecular formula is C21H28N2O4S. The largest absolute Gasteiger partial charge is 0.491 e. The lowest BCUT2D eigenvalue weighted by Crippen LogP contribution is -2.45. The third kappa shape index (κ3) is 5.73. The summed E-state index contributed by atoms with van der Waals surface area (Å²) < 4.78 is 31.5. The maximum Gasteiger partial charge on any atom is 0.247 e. The number of ether oxygens (including phenoxy) is 1. The zero-order chi connectivity index (χ0) is 20.9. The van der Waals surface area contributed by atoms with Gasteiger partial charge in [0.1, 0.15) is 11.8 Å². The van der Waals surface area contributed by atoms with Gasteiger partial charge in [-0.05, 0) is 57.0 Å². The van der Waals surface area contributed by atoms with Crippen molar-refractivity contribution in [1.29, 1.82) is 0 Å². The molecule has 0 saturated carbocycles. The Morgan fingerprint density at radius 1 is 1.11 bits per heavy atom. The highest BCUT2D eigenvalue weighted by Crippen LogP contribution is 2.23. The number of carbonyl (C=O) groups is 1. The molecule has 0 bridgehead atoms. The Bertz CT molecular complexity index is 908. The molecule has 0 unspecified atom stereocenters. The summed E-state index contributed by atoms with van der Waals surface area (Å²) in [6.45, 7) is 7.43. The van der Waals surface area contributed by atoms with E-state index < -0.39 is 22.0 Å². The molecule has 152 valence electrons. The summed E-state index contributed by atoms with van der Waals surface area (Å²) in [5.74, 6) is 0.210. The number of nitrogens with zero attached hydrogens (tertiary/aromatic N) is 1.